The van der Waals surface area contributed by atoms with Crippen LogP contribution in [0.5, 0.6) is 0 Å². The van der Waals surface area contributed by atoms with E-state index in [0.29, 0.717) is 22.9 Å². The van der Waals surface area contributed by atoms with Gasteiger partial charge in [-0.1, -0.05) is 32.8 Å². The van der Waals surface area contributed by atoms with Gasteiger partial charge in [-0.3, -0.25) is 0 Å². The van der Waals surface area contributed by atoms with Crippen LogP contribution >= 0.6 is 15.9 Å². The number of sulfonamides is 1. The molecule has 21 heavy (non-hydrogen) atoms. The van der Waals surface area contributed by atoms with Crippen LogP contribution in [0.15, 0.2) is 27.6 Å². The lowest BCUT2D eigenvalue weighted by Crippen LogP contribution is -2.43. The maximum absolute atomic E-state index is 12.7. The van der Waals surface area contributed by atoms with Crippen LogP contribution in [-0.2, 0) is 16.6 Å². The van der Waals surface area contributed by atoms with Crippen LogP contribution in [0.2, 0.25) is 0 Å². The summed E-state index contributed by atoms with van der Waals surface area (Å²) >= 11 is 3.33. The van der Waals surface area contributed by atoms with Crippen LogP contribution in [-0.4, -0.2) is 14.5 Å². The fourth-order valence-electron chi connectivity index (χ4n) is 2.89. The molecule has 4 nitrogen and oxygen atoms in total. The van der Waals surface area contributed by atoms with Gasteiger partial charge in [-0.25, -0.2) is 13.1 Å². The number of halogens is 1. The molecule has 1 fully saturated rings. The minimum absolute atomic E-state index is 0.00665. The van der Waals surface area contributed by atoms with Gasteiger partial charge in [-0.05, 0) is 51.9 Å². The smallest absolute Gasteiger partial charge is 0.241 e. The molecule has 1 saturated carbocycles. The Balaban J connectivity index is 2.26. The van der Waals surface area contributed by atoms with Crippen molar-refractivity contribution in [2.24, 2.45) is 17.6 Å². The van der Waals surface area contributed by atoms with Crippen LogP contribution in [0.3, 0.4) is 0 Å². The van der Waals surface area contributed by atoms with Gasteiger partial charge in [-0.15, -0.1) is 0 Å². The van der Waals surface area contributed by atoms with Gasteiger partial charge in [0.05, 0.1) is 4.90 Å². The highest BCUT2D eigenvalue weighted by Gasteiger charge is 2.31. The minimum atomic E-state index is -3.53. The number of nitrogens with two attached hydrogens (primary N) is 1. The van der Waals surface area contributed by atoms with Gasteiger partial charge >= 0.3 is 0 Å². The lowest BCUT2D eigenvalue weighted by molar-refractivity contribution is 0.227. The molecule has 118 valence electrons. The number of nitrogens with one attached hydrogen (secondary N) is 1. The van der Waals surface area contributed by atoms with Crippen molar-refractivity contribution in [3.8, 4) is 0 Å². The van der Waals surface area contributed by atoms with E-state index in [1.54, 1.807) is 12.1 Å². The molecule has 0 spiro atoms. The Morgan fingerprint density at radius 2 is 2.05 bits per heavy atom. The zero-order chi connectivity index (χ0) is 15.6. The summed E-state index contributed by atoms with van der Waals surface area (Å²) in [5, 5.41) is 0. The van der Waals surface area contributed by atoms with Crippen LogP contribution in [0.1, 0.15) is 38.7 Å². The molecule has 0 aromatic heterocycles. The first-order valence-corrected chi connectivity index (χ1v) is 9.63. The van der Waals surface area contributed by atoms with Gasteiger partial charge in [0.25, 0.3) is 0 Å². The summed E-state index contributed by atoms with van der Waals surface area (Å²) < 4.78 is 28.8. The molecule has 2 rings (SSSR count). The number of benzene rings is 1. The Morgan fingerprint density at radius 3 is 2.71 bits per heavy atom. The molecule has 3 unspecified atom stereocenters. The average molecular weight is 375 g/mol. The van der Waals surface area contributed by atoms with Gasteiger partial charge in [0.15, 0.2) is 0 Å². The van der Waals surface area contributed by atoms with Crippen molar-refractivity contribution in [1.82, 2.24) is 4.72 Å². The minimum Gasteiger partial charge on any atom is -0.326 e. The first-order valence-electron chi connectivity index (χ1n) is 7.36. The van der Waals surface area contributed by atoms with E-state index in [2.05, 4.69) is 34.5 Å². The molecule has 1 aromatic carbocycles. The van der Waals surface area contributed by atoms with Crippen molar-refractivity contribution < 1.29 is 8.42 Å². The SMILES string of the molecule is CC1CCCC(NS(=O)(=O)c2cc(CN)ccc2Br)C1C. The van der Waals surface area contributed by atoms with Gasteiger partial charge in [0.2, 0.25) is 10.0 Å². The highest BCUT2D eigenvalue weighted by atomic mass is 79.9. The molecule has 3 N–H and O–H groups in total. The second-order valence-electron chi connectivity index (χ2n) is 5.96. The van der Waals surface area contributed by atoms with E-state index in [1.807, 2.05) is 6.07 Å². The predicted octanol–water partition coefficient (Wildman–Crippen LogP) is 3.01. The molecule has 0 amide bonds. The maximum Gasteiger partial charge on any atom is 0.241 e. The first-order chi connectivity index (χ1) is 9.85. The molecule has 1 aromatic rings. The fourth-order valence-corrected chi connectivity index (χ4v) is 5.27. The predicted molar refractivity (Wildman–Crippen MR) is 88.3 cm³/mol. The third kappa shape index (κ3) is 3.86. The summed E-state index contributed by atoms with van der Waals surface area (Å²) in [5.41, 5.74) is 6.41. The van der Waals surface area contributed by atoms with Gasteiger partial charge in [0.1, 0.15) is 0 Å². The number of rotatable bonds is 4. The lowest BCUT2D eigenvalue weighted by atomic mass is 9.78. The molecule has 1 aliphatic rings. The summed E-state index contributed by atoms with van der Waals surface area (Å²) in [7, 11) is -3.53. The summed E-state index contributed by atoms with van der Waals surface area (Å²) in [4.78, 5) is 0.274. The normalized spacial score (nSPS) is 26.8. The van der Waals surface area contributed by atoms with Crippen molar-refractivity contribution in [1.29, 1.82) is 0 Å². The van der Waals surface area contributed by atoms with Crippen LogP contribution < -0.4 is 10.5 Å². The molecule has 6 heteroatoms. The largest absolute Gasteiger partial charge is 0.326 e. The van der Waals surface area contributed by atoms with Crippen molar-refractivity contribution >= 4 is 26.0 Å². The van der Waals surface area contributed by atoms with E-state index in [4.69, 9.17) is 5.73 Å². The van der Waals surface area contributed by atoms with Gasteiger partial charge in [-0.2, -0.15) is 0 Å². The molecular formula is C15H23BrN2O2S. The van der Waals surface area contributed by atoms with E-state index in [1.165, 1.54) is 6.42 Å². The van der Waals surface area contributed by atoms with Crippen molar-refractivity contribution in [3.05, 3.63) is 28.2 Å². The highest BCUT2D eigenvalue weighted by Crippen LogP contribution is 2.31. The Morgan fingerprint density at radius 1 is 1.33 bits per heavy atom. The Kier molecular flexibility index (Phi) is 5.46. The summed E-state index contributed by atoms with van der Waals surface area (Å²) in [6.07, 6.45) is 3.15. The zero-order valence-corrected chi connectivity index (χ0v) is 14.9. The zero-order valence-electron chi connectivity index (χ0n) is 12.5. The van der Waals surface area contributed by atoms with Gasteiger partial charge in [0, 0.05) is 17.1 Å². The summed E-state index contributed by atoms with van der Waals surface area (Å²) in [6, 6.07) is 5.22. The monoisotopic (exact) mass is 374 g/mol. The van der Waals surface area contributed by atoms with Crippen molar-refractivity contribution in [2.45, 2.75) is 50.6 Å². The Labute approximate surface area is 135 Å². The van der Waals surface area contributed by atoms with E-state index in [9.17, 15) is 8.42 Å². The Bertz CT molecular complexity index is 604. The molecule has 0 heterocycles. The van der Waals surface area contributed by atoms with E-state index < -0.39 is 10.0 Å². The van der Waals surface area contributed by atoms with E-state index >= 15 is 0 Å². The number of hydrogen-bond acceptors (Lipinski definition) is 3. The first kappa shape index (κ1) is 16.9. The standard InChI is InChI=1S/C15H23BrN2O2S/c1-10-4-3-5-14(11(10)2)18-21(19,20)15-8-12(9-17)6-7-13(15)16/h6-8,10-11,14,18H,3-5,9,17H2,1-2H3. The molecular weight excluding hydrogens is 352 g/mol. The van der Waals surface area contributed by atoms with Crippen molar-refractivity contribution in [3.63, 3.8) is 0 Å². The van der Waals surface area contributed by atoms with Crippen LogP contribution in [0.25, 0.3) is 0 Å². The maximum atomic E-state index is 12.7. The molecule has 0 aliphatic heterocycles. The van der Waals surface area contributed by atoms with Crippen molar-refractivity contribution in [2.75, 3.05) is 0 Å². The molecule has 3 atom stereocenters. The summed E-state index contributed by atoms with van der Waals surface area (Å²) in [5.74, 6) is 0.898. The lowest BCUT2D eigenvalue weighted by Gasteiger charge is -2.34. The molecule has 0 saturated heterocycles. The quantitative estimate of drug-likeness (QED) is 0.850. The Hall–Kier alpha value is -0.430. The summed E-state index contributed by atoms with van der Waals surface area (Å²) in [6.45, 7) is 4.64. The molecule has 0 bridgehead atoms. The molecule has 0 radical (unpaired) electrons. The third-order valence-corrected chi connectivity index (χ3v) is 7.02. The topological polar surface area (TPSA) is 72.2 Å². The fraction of sp³-hybridized carbons (Fsp3) is 0.600. The third-order valence-electron chi connectivity index (χ3n) is 4.53. The number of hydrogen-bond donors (Lipinski definition) is 2. The average Bonchev–Trinajstić information content (AvgIpc) is 2.44. The van der Waals surface area contributed by atoms with E-state index in [-0.39, 0.29) is 10.9 Å². The second kappa shape index (κ2) is 6.77. The van der Waals surface area contributed by atoms with Gasteiger partial charge < -0.3 is 5.73 Å². The second-order valence-corrected chi connectivity index (χ2v) is 8.50. The van der Waals surface area contributed by atoms with Crippen LogP contribution in [0.4, 0.5) is 0 Å². The van der Waals surface area contributed by atoms with Crippen LogP contribution in [0, 0.1) is 11.8 Å². The van der Waals surface area contributed by atoms with E-state index in [0.717, 1.165) is 18.4 Å². The molecule has 1 aliphatic carbocycles. The highest BCUT2D eigenvalue weighted by molar-refractivity contribution is 9.10.